The number of nitrogens with one attached hydrogen (secondary N) is 2. The van der Waals surface area contributed by atoms with Crippen molar-refractivity contribution in [3.05, 3.63) is 0 Å². The van der Waals surface area contributed by atoms with Gasteiger partial charge in [-0.15, -0.1) is 0 Å². The van der Waals surface area contributed by atoms with Crippen LogP contribution in [0.5, 0.6) is 0 Å². The molecule has 1 rings (SSSR count). The third-order valence-corrected chi connectivity index (χ3v) is 3.64. The molecule has 5 heteroatoms. The van der Waals surface area contributed by atoms with E-state index in [-0.39, 0.29) is 17.7 Å². The molecule has 2 atom stereocenters. The second-order valence-corrected chi connectivity index (χ2v) is 5.11. The summed E-state index contributed by atoms with van der Waals surface area (Å²) < 4.78 is 0. The Hall–Kier alpha value is -0.710. The summed E-state index contributed by atoms with van der Waals surface area (Å²) in [4.78, 5) is 22.4. The zero-order chi connectivity index (χ0) is 11.3. The molecule has 15 heavy (non-hydrogen) atoms. The van der Waals surface area contributed by atoms with E-state index in [1.807, 2.05) is 0 Å². The fourth-order valence-electron chi connectivity index (χ4n) is 1.45. The molecule has 0 aliphatic carbocycles. The van der Waals surface area contributed by atoms with Crippen molar-refractivity contribution < 1.29 is 9.59 Å². The normalized spacial score (nSPS) is 22.3. The van der Waals surface area contributed by atoms with E-state index in [0.29, 0.717) is 24.8 Å². The molecule has 0 radical (unpaired) electrons. The van der Waals surface area contributed by atoms with Gasteiger partial charge in [-0.1, -0.05) is 6.92 Å². The second-order valence-electron chi connectivity index (χ2n) is 3.83. The third kappa shape index (κ3) is 4.11. The predicted octanol–water partition coefficient (Wildman–Crippen LogP) is 0.380. The van der Waals surface area contributed by atoms with Crippen LogP contribution in [-0.4, -0.2) is 36.4 Å². The molecule has 0 aromatic rings. The minimum absolute atomic E-state index is 0.00153. The lowest BCUT2D eigenvalue weighted by molar-refractivity contribution is -0.126. The number of hydrogen-bond acceptors (Lipinski definition) is 3. The molecule has 0 aromatic carbocycles. The minimum atomic E-state index is -0.165. The summed E-state index contributed by atoms with van der Waals surface area (Å²) in [6.07, 6.45) is 3.37. The molecular formula is C10H18N2O2S. The van der Waals surface area contributed by atoms with Crippen molar-refractivity contribution >= 4 is 23.6 Å². The standard InChI is InChI=1S/C10H18N2O2S/c1-7(15-2)3-4-11-10(14)8-5-9(13)12-6-8/h7-8H,3-6H2,1-2H3,(H,11,14)(H,12,13). The van der Waals surface area contributed by atoms with Crippen LogP contribution in [0, 0.1) is 5.92 Å². The Morgan fingerprint density at radius 2 is 2.47 bits per heavy atom. The van der Waals surface area contributed by atoms with E-state index < -0.39 is 0 Å². The van der Waals surface area contributed by atoms with E-state index in [2.05, 4.69) is 23.8 Å². The van der Waals surface area contributed by atoms with Crippen LogP contribution in [0.3, 0.4) is 0 Å². The Balaban J connectivity index is 2.16. The van der Waals surface area contributed by atoms with Gasteiger partial charge in [0.15, 0.2) is 0 Å². The third-order valence-electron chi connectivity index (χ3n) is 2.60. The molecule has 2 N–H and O–H groups in total. The van der Waals surface area contributed by atoms with Crippen LogP contribution in [0.15, 0.2) is 0 Å². The fraction of sp³-hybridized carbons (Fsp3) is 0.800. The fourth-order valence-corrected chi connectivity index (χ4v) is 1.80. The van der Waals surface area contributed by atoms with Crippen LogP contribution >= 0.6 is 11.8 Å². The Morgan fingerprint density at radius 1 is 1.73 bits per heavy atom. The first kappa shape index (κ1) is 12.4. The first-order valence-electron chi connectivity index (χ1n) is 5.20. The van der Waals surface area contributed by atoms with Gasteiger partial charge in [-0.25, -0.2) is 0 Å². The SMILES string of the molecule is CSC(C)CCNC(=O)C1CNC(=O)C1. The van der Waals surface area contributed by atoms with Crippen molar-refractivity contribution in [3.63, 3.8) is 0 Å². The van der Waals surface area contributed by atoms with Crippen LogP contribution in [0.1, 0.15) is 19.8 Å². The topological polar surface area (TPSA) is 58.2 Å². The van der Waals surface area contributed by atoms with Crippen molar-refractivity contribution in [1.82, 2.24) is 10.6 Å². The highest BCUT2D eigenvalue weighted by molar-refractivity contribution is 7.99. The molecule has 0 saturated carbocycles. The maximum absolute atomic E-state index is 11.6. The average molecular weight is 230 g/mol. The van der Waals surface area contributed by atoms with Crippen LogP contribution in [0.4, 0.5) is 0 Å². The molecule has 1 fully saturated rings. The van der Waals surface area contributed by atoms with Gasteiger partial charge in [0.1, 0.15) is 0 Å². The van der Waals surface area contributed by atoms with Crippen LogP contribution in [-0.2, 0) is 9.59 Å². The second kappa shape index (κ2) is 6.00. The van der Waals surface area contributed by atoms with Gasteiger partial charge in [0.2, 0.25) is 11.8 Å². The lowest BCUT2D eigenvalue weighted by atomic mass is 10.1. The van der Waals surface area contributed by atoms with E-state index in [1.54, 1.807) is 11.8 Å². The van der Waals surface area contributed by atoms with Gasteiger partial charge in [-0.2, -0.15) is 11.8 Å². The van der Waals surface area contributed by atoms with E-state index in [4.69, 9.17) is 0 Å². The molecule has 86 valence electrons. The summed E-state index contributed by atoms with van der Waals surface area (Å²) >= 11 is 1.79. The van der Waals surface area contributed by atoms with Gasteiger partial charge in [-0.3, -0.25) is 9.59 Å². The minimum Gasteiger partial charge on any atom is -0.356 e. The van der Waals surface area contributed by atoms with Crippen molar-refractivity contribution in [2.75, 3.05) is 19.3 Å². The number of amides is 2. The van der Waals surface area contributed by atoms with E-state index >= 15 is 0 Å². The Kier molecular flexibility index (Phi) is 4.94. The first-order chi connectivity index (χ1) is 7.13. The maximum atomic E-state index is 11.6. The Morgan fingerprint density at radius 3 is 3.00 bits per heavy atom. The average Bonchev–Trinajstić information content (AvgIpc) is 2.64. The highest BCUT2D eigenvalue weighted by Gasteiger charge is 2.27. The van der Waals surface area contributed by atoms with Gasteiger partial charge < -0.3 is 10.6 Å². The highest BCUT2D eigenvalue weighted by Crippen LogP contribution is 2.10. The summed E-state index contributed by atoms with van der Waals surface area (Å²) in [5.74, 6) is -0.184. The number of carbonyl (C=O) groups is 2. The number of hydrogen-bond donors (Lipinski definition) is 2. The molecule has 1 saturated heterocycles. The molecule has 4 nitrogen and oxygen atoms in total. The lowest BCUT2D eigenvalue weighted by Crippen LogP contribution is -2.33. The van der Waals surface area contributed by atoms with Crippen LogP contribution in [0.2, 0.25) is 0 Å². The van der Waals surface area contributed by atoms with Crippen molar-refractivity contribution in [2.24, 2.45) is 5.92 Å². The molecule has 2 unspecified atom stereocenters. The van der Waals surface area contributed by atoms with Crippen LogP contribution < -0.4 is 10.6 Å². The summed E-state index contributed by atoms with van der Waals surface area (Å²) in [5, 5.41) is 6.09. The summed E-state index contributed by atoms with van der Waals surface area (Å²) in [6, 6.07) is 0. The van der Waals surface area contributed by atoms with E-state index in [0.717, 1.165) is 6.42 Å². The molecule has 1 aliphatic heterocycles. The summed E-state index contributed by atoms with van der Waals surface area (Å²) in [6.45, 7) is 3.33. The molecule has 1 heterocycles. The number of thioether (sulfide) groups is 1. The monoisotopic (exact) mass is 230 g/mol. The zero-order valence-electron chi connectivity index (χ0n) is 9.21. The molecule has 0 bridgehead atoms. The predicted molar refractivity (Wildman–Crippen MR) is 61.7 cm³/mol. The van der Waals surface area contributed by atoms with Gasteiger partial charge in [-0.05, 0) is 12.7 Å². The highest BCUT2D eigenvalue weighted by atomic mass is 32.2. The molecular weight excluding hydrogens is 212 g/mol. The Bertz CT molecular complexity index is 246. The molecule has 1 aliphatic rings. The first-order valence-corrected chi connectivity index (χ1v) is 6.49. The van der Waals surface area contributed by atoms with Gasteiger partial charge in [0.25, 0.3) is 0 Å². The van der Waals surface area contributed by atoms with Crippen LogP contribution in [0.25, 0.3) is 0 Å². The van der Waals surface area contributed by atoms with Crippen molar-refractivity contribution in [2.45, 2.75) is 25.0 Å². The van der Waals surface area contributed by atoms with Gasteiger partial charge in [0.05, 0.1) is 5.92 Å². The Labute approximate surface area is 94.6 Å². The largest absolute Gasteiger partial charge is 0.356 e. The molecule has 0 spiro atoms. The van der Waals surface area contributed by atoms with Gasteiger partial charge in [0, 0.05) is 24.8 Å². The number of carbonyl (C=O) groups excluding carboxylic acids is 2. The zero-order valence-corrected chi connectivity index (χ0v) is 10.0. The summed E-state index contributed by atoms with van der Waals surface area (Å²) in [7, 11) is 0. The summed E-state index contributed by atoms with van der Waals surface area (Å²) in [5.41, 5.74) is 0. The van der Waals surface area contributed by atoms with Gasteiger partial charge >= 0.3 is 0 Å². The van der Waals surface area contributed by atoms with Crippen molar-refractivity contribution in [3.8, 4) is 0 Å². The lowest BCUT2D eigenvalue weighted by Gasteiger charge is -2.11. The van der Waals surface area contributed by atoms with E-state index in [1.165, 1.54) is 0 Å². The molecule has 0 aromatic heterocycles. The van der Waals surface area contributed by atoms with E-state index in [9.17, 15) is 9.59 Å². The van der Waals surface area contributed by atoms with Crippen molar-refractivity contribution in [1.29, 1.82) is 0 Å². The molecule has 2 amide bonds. The quantitative estimate of drug-likeness (QED) is 0.718. The maximum Gasteiger partial charge on any atom is 0.225 e. The number of rotatable bonds is 5. The smallest absolute Gasteiger partial charge is 0.225 e.